The zero-order valence-corrected chi connectivity index (χ0v) is 12.3. The fraction of sp³-hybridized carbons (Fsp3) is 0.643. The molecule has 1 fully saturated rings. The minimum absolute atomic E-state index is 0.449. The van der Waals surface area contributed by atoms with E-state index in [2.05, 4.69) is 37.8 Å². The second-order valence-electron chi connectivity index (χ2n) is 5.23. The largest absolute Gasteiger partial charge is 0.352 e. The first-order valence-corrected chi connectivity index (χ1v) is 7.82. The van der Waals surface area contributed by atoms with Crippen LogP contribution in [0.3, 0.4) is 0 Å². The van der Waals surface area contributed by atoms with Crippen molar-refractivity contribution in [3.8, 4) is 0 Å². The first kappa shape index (κ1) is 13.7. The van der Waals surface area contributed by atoms with E-state index in [0.717, 1.165) is 18.1 Å². The van der Waals surface area contributed by atoms with E-state index < -0.39 is 0 Å². The van der Waals surface area contributed by atoms with Gasteiger partial charge in [-0.05, 0) is 30.5 Å². The van der Waals surface area contributed by atoms with Crippen molar-refractivity contribution >= 4 is 17.6 Å². The summed E-state index contributed by atoms with van der Waals surface area (Å²) in [5.41, 5.74) is 8.14. The van der Waals surface area contributed by atoms with E-state index in [1.807, 2.05) is 11.8 Å². The summed E-state index contributed by atoms with van der Waals surface area (Å²) < 4.78 is 0. The van der Waals surface area contributed by atoms with Crippen molar-refractivity contribution in [2.45, 2.75) is 39.3 Å². The zero-order valence-electron chi connectivity index (χ0n) is 11.5. The second kappa shape index (κ2) is 5.93. The van der Waals surface area contributed by atoms with Gasteiger partial charge in [0.15, 0.2) is 0 Å². The fourth-order valence-corrected chi connectivity index (χ4v) is 3.24. The smallest absolute Gasteiger partial charge is 0.129 e. The Hall–Kier alpha value is -0.740. The van der Waals surface area contributed by atoms with Gasteiger partial charge in [0.25, 0.3) is 0 Å². The highest BCUT2D eigenvalue weighted by Crippen LogP contribution is 2.25. The van der Waals surface area contributed by atoms with E-state index in [1.54, 1.807) is 0 Å². The summed E-state index contributed by atoms with van der Waals surface area (Å²) in [6, 6.07) is 4.85. The van der Waals surface area contributed by atoms with Crippen LogP contribution >= 0.6 is 11.8 Å². The van der Waals surface area contributed by atoms with Gasteiger partial charge in [0.2, 0.25) is 0 Å². The van der Waals surface area contributed by atoms with Gasteiger partial charge in [-0.2, -0.15) is 11.8 Å². The Morgan fingerprint density at radius 1 is 1.50 bits per heavy atom. The molecule has 100 valence electrons. The Morgan fingerprint density at radius 3 is 2.89 bits per heavy atom. The predicted octanol–water partition coefficient (Wildman–Crippen LogP) is 2.61. The highest BCUT2D eigenvalue weighted by molar-refractivity contribution is 7.99. The third-order valence-corrected chi connectivity index (χ3v) is 4.57. The van der Waals surface area contributed by atoms with Crippen LogP contribution in [0.15, 0.2) is 12.1 Å². The van der Waals surface area contributed by atoms with Crippen LogP contribution in [-0.2, 0) is 6.54 Å². The van der Waals surface area contributed by atoms with Gasteiger partial charge in [0, 0.05) is 36.3 Å². The number of nitrogens with zero attached hydrogens (tertiary/aromatic N) is 2. The van der Waals surface area contributed by atoms with Crippen LogP contribution in [0.1, 0.15) is 37.9 Å². The summed E-state index contributed by atoms with van der Waals surface area (Å²) in [5.74, 6) is 3.93. The molecular weight excluding hydrogens is 242 g/mol. The van der Waals surface area contributed by atoms with E-state index in [9.17, 15) is 0 Å². The Bertz CT molecular complexity index is 406. The average molecular weight is 265 g/mol. The lowest BCUT2D eigenvalue weighted by atomic mass is 10.1. The van der Waals surface area contributed by atoms with Gasteiger partial charge in [0.05, 0.1) is 0 Å². The number of hydrogen-bond acceptors (Lipinski definition) is 4. The summed E-state index contributed by atoms with van der Waals surface area (Å²) in [4.78, 5) is 7.23. The van der Waals surface area contributed by atoms with Crippen LogP contribution in [0.2, 0.25) is 0 Å². The molecule has 1 aliphatic rings. The Morgan fingerprint density at radius 2 is 2.28 bits per heavy atom. The van der Waals surface area contributed by atoms with Gasteiger partial charge < -0.3 is 10.6 Å². The molecule has 0 radical (unpaired) electrons. The van der Waals surface area contributed by atoms with E-state index in [-0.39, 0.29) is 0 Å². The van der Waals surface area contributed by atoms with E-state index >= 15 is 0 Å². The summed E-state index contributed by atoms with van der Waals surface area (Å²) in [5, 5.41) is 0. The van der Waals surface area contributed by atoms with Crippen LogP contribution in [-0.4, -0.2) is 29.1 Å². The zero-order chi connectivity index (χ0) is 13.1. The van der Waals surface area contributed by atoms with E-state index in [1.165, 1.54) is 17.1 Å². The van der Waals surface area contributed by atoms with Crippen molar-refractivity contribution < 1.29 is 0 Å². The number of nitrogens with two attached hydrogens (primary N) is 1. The summed E-state index contributed by atoms with van der Waals surface area (Å²) >= 11 is 2.03. The molecular formula is C14H23N3S. The minimum atomic E-state index is 0.449. The van der Waals surface area contributed by atoms with Crippen molar-refractivity contribution in [1.82, 2.24) is 4.98 Å². The van der Waals surface area contributed by atoms with E-state index in [0.29, 0.717) is 18.5 Å². The quantitative estimate of drug-likeness (QED) is 0.912. The van der Waals surface area contributed by atoms with Gasteiger partial charge in [0.1, 0.15) is 5.82 Å². The van der Waals surface area contributed by atoms with Crippen molar-refractivity contribution in [3.63, 3.8) is 0 Å². The predicted molar refractivity (Wildman–Crippen MR) is 80.4 cm³/mol. The van der Waals surface area contributed by atoms with Crippen molar-refractivity contribution in [2.24, 2.45) is 5.73 Å². The number of anilines is 1. The minimum Gasteiger partial charge on any atom is -0.352 e. The number of hydrogen-bond donors (Lipinski definition) is 1. The van der Waals surface area contributed by atoms with Gasteiger partial charge in [-0.1, -0.05) is 13.8 Å². The van der Waals surface area contributed by atoms with Gasteiger partial charge >= 0.3 is 0 Å². The number of rotatable bonds is 3. The molecule has 1 atom stereocenters. The Balaban J connectivity index is 2.33. The van der Waals surface area contributed by atoms with Crippen LogP contribution in [0.4, 0.5) is 5.82 Å². The first-order chi connectivity index (χ1) is 8.61. The second-order valence-corrected chi connectivity index (χ2v) is 6.38. The summed E-state index contributed by atoms with van der Waals surface area (Å²) in [6.07, 6.45) is 0. The van der Waals surface area contributed by atoms with Crippen molar-refractivity contribution in [3.05, 3.63) is 23.4 Å². The average Bonchev–Trinajstić information content (AvgIpc) is 2.38. The first-order valence-electron chi connectivity index (χ1n) is 6.67. The van der Waals surface area contributed by atoms with Crippen LogP contribution < -0.4 is 10.6 Å². The lowest BCUT2D eigenvalue weighted by Gasteiger charge is -2.34. The van der Waals surface area contributed by atoms with Gasteiger partial charge in [-0.25, -0.2) is 4.98 Å². The lowest BCUT2D eigenvalue weighted by Crippen LogP contribution is -2.41. The molecule has 1 unspecified atom stereocenters. The number of aromatic nitrogens is 1. The summed E-state index contributed by atoms with van der Waals surface area (Å²) in [7, 11) is 0. The molecule has 18 heavy (non-hydrogen) atoms. The fourth-order valence-electron chi connectivity index (χ4n) is 2.22. The molecule has 2 N–H and O–H groups in total. The lowest BCUT2D eigenvalue weighted by molar-refractivity contribution is 0.682. The Labute approximate surface area is 114 Å². The maximum absolute atomic E-state index is 5.80. The topological polar surface area (TPSA) is 42.1 Å². The molecule has 0 bridgehead atoms. The van der Waals surface area contributed by atoms with Gasteiger partial charge in [-0.3, -0.25) is 0 Å². The molecule has 1 saturated heterocycles. The van der Waals surface area contributed by atoms with Gasteiger partial charge in [-0.15, -0.1) is 0 Å². The molecule has 0 aromatic carbocycles. The monoisotopic (exact) mass is 265 g/mol. The number of thioether (sulfide) groups is 1. The molecule has 1 aromatic rings. The van der Waals surface area contributed by atoms with Crippen molar-refractivity contribution in [1.29, 1.82) is 0 Å². The normalized spacial score (nSPS) is 20.5. The summed E-state index contributed by atoms with van der Waals surface area (Å²) in [6.45, 7) is 8.32. The molecule has 0 spiro atoms. The van der Waals surface area contributed by atoms with Crippen LogP contribution in [0.5, 0.6) is 0 Å². The Kier molecular flexibility index (Phi) is 4.51. The van der Waals surface area contributed by atoms with E-state index in [4.69, 9.17) is 10.7 Å². The van der Waals surface area contributed by atoms with Crippen LogP contribution in [0, 0.1) is 0 Å². The molecule has 2 heterocycles. The SMILES string of the molecule is CC(C)c1cc(CN)cc(N2CCSCC2C)n1. The highest BCUT2D eigenvalue weighted by Gasteiger charge is 2.21. The third kappa shape index (κ3) is 2.98. The highest BCUT2D eigenvalue weighted by atomic mass is 32.2. The third-order valence-electron chi connectivity index (χ3n) is 3.38. The molecule has 1 aromatic heterocycles. The molecule has 1 aliphatic heterocycles. The molecule has 0 amide bonds. The standard InChI is InChI=1S/C14H23N3S/c1-10(2)13-6-12(8-15)7-14(16-13)17-4-5-18-9-11(17)3/h6-7,10-11H,4-5,8-9,15H2,1-3H3. The van der Waals surface area contributed by atoms with Crippen LogP contribution in [0.25, 0.3) is 0 Å². The molecule has 4 heteroatoms. The maximum Gasteiger partial charge on any atom is 0.129 e. The maximum atomic E-state index is 5.80. The molecule has 3 nitrogen and oxygen atoms in total. The molecule has 0 aliphatic carbocycles. The number of pyridine rings is 1. The molecule has 0 saturated carbocycles. The van der Waals surface area contributed by atoms with Crippen molar-refractivity contribution in [2.75, 3.05) is 23.0 Å². The molecule has 2 rings (SSSR count).